The minimum Gasteiger partial charge on any atom is -0.381 e. The number of amidine groups is 1. The number of nitrogens with zero attached hydrogens (tertiary/aromatic N) is 3. The highest BCUT2D eigenvalue weighted by Crippen LogP contribution is 2.22. The Morgan fingerprint density at radius 3 is 2.51 bits per heavy atom. The smallest absolute Gasteiger partial charge is 0.250 e. The fourth-order valence-corrected chi connectivity index (χ4v) is 6.07. The normalized spacial score (nSPS) is 20.2. The highest BCUT2D eigenvalue weighted by atomic mass is 16.5. The number of likely N-dealkylation sites (N-methyl/N-ethyl adjacent to an activating group) is 1. The predicted octanol–water partition coefficient (Wildman–Crippen LogP) is 1.44. The number of carbonyl (C=O) groups is 5. The van der Waals surface area contributed by atoms with Crippen LogP contribution in [0.5, 0.6) is 0 Å². The summed E-state index contributed by atoms with van der Waals surface area (Å²) in [5.41, 5.74) is 0.599. The Kier molecular flexibility index (Phi) is 11.7. The van der Waals surface area contributed by atoms with Crippen LogP contribution in [0.15, 0.2) is 72.0 Å². The van der Waals surface area contributed by atoms with Gasteiger partial charge in [0, 0.05) is 64.9 Å². The molecule has 0 radical (unpaired) electrons. The van der Waals surface area contributed by atoms with Gasteiger partial charge < -0.3 is 30.9 Å². The number of pyridine rings is 1. The average Bonchev–Trinajstić information content (AvgIpc) is 3.11. The monoisotopic (exact) mass is 669 g/mol. The van der Waals surface area contributed by atoms with Gasteiger partial charge in [0.1, 0.15) is 17.4 Å². The van der Waals surface area contributed by atoms with Crippen LogP contribution in [0.25, 0.3) is 10.8 Å². The van der Waals surface area contributed by atoms with Gasteiger partial charge in [-0.1, -0.05) is 48.5 Å². The lowest BCUT2D eigenvalue weighted by Crippen LogP contribution is -2.62. The van der Waals surface area contributed by atoms with Gasteiger partial charge in [0.25, 0.3) is 0 Å². The molecular formula is C36H43N7O6. The lowest BCUT2D eigenvalue weighted by atomic mass is 9.88. The van der Waals surface area contributed by atoms with E-state index in [0.717, 1.165) is 21.9 Å². The van der Waals surface area contributed by atoms with Crippen molar-refractivity contribution >= 4 is 46.1 Å². The molecule has 5 rings (SSSR count). The molecule has 1 unspecified atom stereocenters. The second kappa shape index (κ2) is 16.3. The number of benzene rings is 2. The van der Waals surface area contributed by atoms with Gasteiger partial charge in [0.2, 0.25) is 29.5 Å². The maximum atomic E-state index is 13.5. The molecule has 13 nitrogen and oxygen atoms in total. The first-order valence-electron chi connectivity index (χ1n) is 16.6. The van der Waals surface area contributed by atoms with Crippen molar-refractivity contribution < 1.29 is 28.7 Å². The van der Waals surface area contributed by atoms with Crippen LogP contribution in [-0.2, 0) is 41.6 Å². The maximum absolute atomic E-state index is 13.5. The Bertz CT molecular complexity index is 1710. The zero-order valence-corrected chi connectivity index (χ0v) is 27.9. The van der Waals surface area contributed by atoms with Crippen molar-refractivity contribution in [1.82, 2.24) is 31.2 Å². The zero-order valence-electron chi connectivity index (χ0n) is 27.9. The van der Waals surface area contributed by atoms with Crippen molar-refractivity contribution in [1.29, 1.82) is 0 Å². The van der Waals surface area contributed by atoms with Crippen LogP contribution in [0.2, 0.25) is 0 Å². The molecule has 3 aromatic rings. The summed E-state index contributed by atoms with van der Waals surface area (Å²) in [5, 5.41) is 13.3. The number of nitrogens with one attached hydrogen (secondary N) is 4. The molecule has 0 aliphatic carbocycles. The van der Waals surface area contributed by atoms with Gasteiger partial charge in [-0.05, 0) is 41.3 Å². The predicted molar refractivity (Wildman–Crippen MR) is 183 cm³/mol. The molecule has 2 aliphatic heterocycles. The minimum atomic E-state index is -1.25. The molecule has 3 heterocycles. The van der Waals surface area contributed by atoms with Crippen LogP contribution in [0.1, 0.15) is 43.7 Å². The van der Waals surface area contributed by atoms with E-state index in [4.69, 9.17) is 4.74 Å². The third-order valence-corrected chi connectivity index (χ3v) is 8.95. The first kappa shape index (κ1) is 35.1. The Hall–Kier alpha value is -5.17. The molecular weight excluding hydrogens is 626 g/mol. The zero-order chi connectivity index (χ0) is 34.8. The molecule has 2 aliphatic rings. The molecule has 5 amide bonds. The number of aliphatic imine (C=N–C) groups is 1. The van der Waals surface area contributed by atoms with Crippen LogP contribution in [-0.4, -0.2) is 96.2 Å². The molecule has 1 saturated heterocycles. The van der Waals surface area contributed by atoms with Crippen molar-refractivity contribution in [3.63, 3.8) is 0 Å². The van der Waals surface area contributed by atoms with Crippen LogP contribution < -0.4 is 21.3 Å². The molecule has 0 spiro atoms. The number of hydrogen-bond acceptors (Lipinski definition) is 8. The van der Waals surface area contributed by atoms with Gasteiger partial charge in [-0.3, -0.25) is 29.0 Å². The number of aromatic nitrogens is 1. The van der Waals surface area contributed by atoms with Crippen molar-refractivity contribution in [3.8, 4) is 0 Å². The van der Waals surface area contributed by atoms with Crippen molar-refractivity contribution in [2.75, 3.05) is 33.4 Å². The van der Waals surface area contributed by atoms with Crippen LogP contribution >= 0.6 is 0 Å². The van der Waals surface area contributed by atoms with E-state index < -0.39 is 47.8 Å². The number of rotatable bonds is 11. The summed E-state index contributed by atoms with van der Waals surface area (Å²) in [6, 6.07) is 15.9. The van der Waals surface area contributed by atoms with Gasteiger partial charge >= 0.3 is 0 Å². The standard InChI is InChI=1S/C36H43N7O6/c1-3-43(2)33-28(20-25-7-6-16-37-22-25)40-34(47)29(21-31(45)41-33)39-32(46)23-38-35(48)36(14-17-49-18-15-36)42-30(44)13-11-24-10-12-26-8-4-5-9-27(26)19-24/h4-10,12,16,19,22,28-29H,3,11,13-15,17-18,20-21,23H2,1-2H3,(H,38,48)(H,39,46)(H,40,47)(H,42,44)/b41-33+/t28-,29?/m0/s1. The quantitative estimate of drug-likeness (QED) is 0.238. The summed E-state index contributed by atoms with van der Waals surface area (Å²) in [6.07, 6.45) is 4.48. The van der Waals surface area contributed by atoms with Gasteiger partial charge in [0.15, 0.2) is 0 Å². The van der Waals surface area contributed by atoms with E-state index in [1.54, 1.807) is 30.4 Å². The number of amides is 5. The summed E-state index contributed by atoms with van der Waals surface area (Å²) in [7, 11) is 1.79. The van der Waals surface area contributed by atoms with E-state index in [-0.39, 0.29) is 44.8 Å². The van der Waals surface area contributed by atoms with E-state index in [1.165, 1.54) is 0 Å². The van der Waals surface area contributed by atoms with E-state index in [0.29, 0.717) is 25.2 Å². The first-order valence-corrected chi connectivity index (χ1v) is 16.6. The van der Waals surface area contributed by atoms with Crippen molar-refractivity contribution in [2.24, 2.45) is 4.99 Å². The molecule has 4 N–H and O–H groups in total. The molecule has 258 valence electrons. The lowest BCUT2D eigenvalue weighted by Gasteiger charge is -2.36. The minimum absolute atomic E-state index is 0.180. The lowest BCUT2D eigenvalue weighted by molar-refractivity contribution is -0.138. The third kappa shape index (κ3) is 9.26. The van der Waals surface area contributed by atoms with E-state index in [2.05, 4.69) is 37.3 Å². The second-order valence-corrected chi connectivity index (χ2v) is 12.4. The Morgan fingerprint density at radius 1 is 1.00 bits per heavy atom. The van der Waals surface area contributed by atoms with Crippen LogP contribution in [0.4, 0.5) is 0 Å². The molecule has 1 aromatic heterocycles. The van der Waals surface area contributed by atoms with E-state index in [1.807, 2.05) is 49.4 Å². The Balaban J connectivity index is 1.18. The molecule has 0 saturated carbocycles. The first-order chi connectivity index (χ1) is 23.7. The van der Waals surface area contributed by atoms with Gasteiger partial charge in [0.05, 0.1) is 19.0 Å². The summed E-state index contributed by atoms with van der Waals surface area (Å²) in [4.78, 5) is 76.2. The largest absolute Gasteiger partial charge is 0.381 e. The number of fused-ring (bicyclic) bond motifs is 1. The number of carbonyl (C=O) groups excluding carboxylic acids is 5. The Morgan fingerprint density at radius 2 is 1.78 bits per heavy atom. The highest BCUT2D eigenvalue weighted by Gasteiger charge is 2.41. The average molecular weight is 670 g/mol. The summed E-state index contributed by atoms with van der Waals surface area (Å²) in [5.74, 6) is -2.14. The van der Waals surface area contributed by atoms with Crippen LogP contribution in [0.3, 0.4) is 0 Å². The second-order valence-electron chi connectivity index (χ2n) is 12.4. The highest BCUT2D eigenvalue weighted by molar-refractivity contribution is 6.04. The molecule has 1 fully saturated rings. The van der Waals surface area contributed by atoms with Crippen molar-refractivity contribution in [2.45, 2.75) is 63.1 Å². The molecule has 2 atom stereocenters. The summed E-state index contributed by atoms with van der Waals surface area (Å²) >= 11 is 0. The number of hydrogen-bond donors (Lipinski definition) is 4. The third-order valence-electron chi connectivity index (χ3n) is 8.95. The fraction of sp³-hybridized carbons (Fsp3) is 0.417. The van der Waals surface area contributed by atoms with Gasteiger partial charge in [-0.2, -0.15) is 4.99 Å². The Labute approximate surface area is 285 Å². The maximum Gasteiger partial charge on any atom is 0.250 e. The van der Waals surface area contributed by atoms with Gasteiger partial charge in [-0.15, -0.1) is 0 Å². The van der Waals surface area contributed by atoms with E-state index >= 15 is 0 Å². The van der Waals surface area contributed by atoms with Crippen molar-refractivity contribution in [3.05, 3.63) is 78.1 Å². The fourth-order valence-electron chi connectivity index (χ4n) is 6.07. The van der Waals surface area contributed by atoms with E-state index in [9.17, 15) is 24.0 Å². The number of ether oxygens (including phenoxy) is 1. The molecule has 49 heavy (non-hydrogen) atoms. The molecule has 2 aromatic carbocycles. The summed E-state index contributed by atoms with van der Waals surface area (Å²) in [6.45, 7) is 2.55. The number of aryl methyl sites for hydroxylation is 1. The summed E-state index contributed by atoms with van der Waals surface area (Å²) < 4.78 is 5.47. The molecule has 13 heteroatoms. The van der Waals surface area contributed by atoms with Crippen LogP contribution in [0, 0.1) is 0 Å². The van der Waals surface area contributed by atoms with Gasteiger partial charge in [-0.25, -0.2) is 0 Å². The topological polar surface area (TPSA) is 171 Å². The SMILES string of the molecule is CCN(C)/C1=N/C(=O)CC(NC(=O)CNC(=O)C2(NC(=O)CCc3ccc4ccccc4c3)CCOCC2)C(=O)N[C@H]1Cc1cccnc1. The molecule has 0 bridgehead atoms.